The molecule has 5 aromatic rings. The molecule has 0 aromatic heterocycles. The summed E-state index contributed by atoms with van der Waals surface area (Å²) in [5, 5.41) is 2.52. The van der Waals surface area contributed by atoms with Gasteiger partial charge in [-0.25, -0.2) is 0 Å². The molecular formula is C33H26N2. The number of nitrogens with zero attached hydrogens (tertiary/aromatic N) is 2. The van der Waals surface area contributed by atoms with E-state index in [1.807, 2.05) is 6.20 Å². The fourth-order valence-electron chi connectivity index (χ4n) is 5.01. The predicted octanol–water partition coefficient (Wildman–Crippen LogP) is 8.05. The Kier molecular flexibility index (Phi) is 5.48. The van der Waals surface area contributed by atoms with E-state index in [0.717, 1.165) is 11.3 Å². The Labute approximate surface area is 206 Å². The van der Waals surface area contributed by atoms with Crippen molar-refractivity contribution >= 4 is 22.2 Å². The Bertz CT molecular complexity index is 1530. The maximum Gasteiger partial charge on any atom is 0.0804 e. The fourth-order valence-corrected chi connectivity index (χ4v) is 5.01. The van der Waals surface area contributed by atoms with E-state index in [1.165, 1.54) is 38.7 Å². The minimum Gasteiger partial charge on any atom is -0.363 e. The third kappa shape index (κ3) is 3.94. The van der Waals surface area contributed by atoms with E-state index in [1.54, 1.807) is 0 Å². The standard InChI is InChI=1S/C33H26N2/c1-35(28-13-6-3-7-14-28)33(27-11-4-2-5-12-27)32-29-15-9-8-10-24(29)20-21-30(32)25-16-18-26(19-17-25)31-22-23-34-31/h2-23,33H,1H3. The molecule has 2 heteroatoms. The summed E-state index contributed by atoms with van der Waals surface area (Å²) in [6.07, 6.45) is 3.89. The minimum atomic E-state index is 0.0401. The maximum atomic E-state index is 4.35. The second-order valence-corrected chi connectivity index (χ2v) is 8.92. The summed E-state index contributed by atoms with van der Waals surface area (Å²) in [6, 6.07) is 43.6. The van der Waals surface area contributed by atoms with Gasteiger partial charge in [-0.05, 0) is 51.2 Å². The first kappa shape index (κ1) is 21.1. The van der Waals surface area contributed by atoms with Crippen LogP contribution in [-0.4, -0.2) is 12.8 Å². The van der Waals surface area contributed by atoms with Crippen LogP contribution in [-0.2, 0) is 0 Å². The van der Waals surface area contributed by atoms with Gasteiger partial charge in [0.2, 0.25) is 0 Å². The number of aliphatic imine (C=N–C) groups is 1. The van der Waals surface area contributed by atoms with E-state index in [0.29, 0.717) is 0 Å². The van der Waals surface area contributed by atoms with E-state index in [4.69, 9.17) is 0 Å². The number of hydrogen-bond acceptors (Lipinski definition) is 2. The quantitative estimate of drug-likeness (QED) is 0.255. The van der Waals surface area contributed by atoms with Crippen molar-refractivity contribution in [1.82, 2.24) is 0 Å². The van der Waals surface area contributed by atoms with Gasteiger partial charge < -0.3 is 4.90 Å². The van der Waals surface area contributed by atoms with Crippen LogP contribution in [0, 0.1) is 0 Å². The highest BCUT2D eigenvalue weighted by atomic mass is 15.1. The van der Waals surface area contributed by atoms with Crippen LogP contribution in [0.1, 0.15) is 22.7 Å². The summed E-state index contributed by atoms with van der Waals surface area (Å²) in [6.45, 7) is 0. The molecule has 0 bridgehead atoms. The zero-order chi connectivity index (χ0) is 23.6. The number of anilines is 1. The number of rotatable bonds is 6. The van der Waals surface area contributed by atoms with Gasteiger partial charge in [-0.1, -0.05) is 109 Å². The van der Waals surface area contributed by atoms with Gasteiger partial charge in [0, 0.05) is 24.5 Å². The highest BCUT2D eigenvalue weighted by Crippen LogP contribution is 2.41. The Hall–Kier alpha value is -4.43. The maximum absolute atomic E-state index is 4.35. The van der Waals surface area contributed by atoms with Crippen LogP contribution in [0.25, 0.3) is 21.9 Å². The van der Waals surface area contributed by atoms with E-state index in [9.17, 15) is 0 Å². The molecule has 2 nitrogen and oxygen atoms in total. The Morgan fingerprint density at radius 2 is 1.26 bits per heavy atom. The summed E-state index contributed by atoms with van der Waals surface area (Å²) in [7, 11) is 2.20. The van der Waals surface area contributed by atoms with Crippen LogP contribution in [0.4, 0.5) is 5.69 Å². The lowest BCUT2D eigenvalue weighted by atomic mass is 9.85. The molecule has 0 saturated carbocycles. The summed E-state index contributed by atoms with van der Waals surface area (Å²) < 4.78 is 0. The molecule has 0 amide bonds. The molecular weight excluding hydrogens is 424 g/mol. The van der Waals surface area contributed by atoms with Crippen molar-refractivity contribution < 1.29 is 0 Å². The highest BCUT2D eigenvalue weighted by molar-refractivity contribution is 6.12. The molecule has 1 aliphatic rings. The SMILES string of the molecule is CN(c1ccccc1)C(c1ccccc1)c1c(-c2ccc(C3=NC=C3)cc2)ccc2ccccc12. The van der Waals surface area contributed by atoms with Crippen molar-refractivity contribution in [2.75, 3.05) is 11.9 Å². The van der Waals surface area contributed by atoms with Gasteiger partial charge in [-0.2, -0.15) is 0 Å². The van der Waals surface area contributed by atoms with Gasteiger partial charge in [0.1, 0.15) is 0 Å². The lowest BCUT2D eigenvalue weighted by Gasteiger charge is -2.33. The molecule has 6 rings (SSSR count). The summed E-state index contributed by atoms with van der Waals surface area (Å²) in [4.78, 5) is 6.75. The van der Waals surface area contributed by atoms with Gasteiger partial charge >= 0.3 is 0 Å². The molecule has 168 valence electrons. The third-order valence-corrected chi connectivity index (χ3v) is 6.85. The molecule has 5 aromatic carbocycles. The topological polar surface area (TPSA) is 15.6 Å². The number of allylic oxidation sites excluding steroid dienone is 1. The van der Waals surface area contributed by atoms with Gasteiger partial charge in [0.25, 0.3) is 0 Å². The second-order valence-electron chi connectivity index (χ2n) is 8.92. The van der Waals surface area contributed by atoms with Gasteiger partial charge in [0.15, 0.2) is 0 Å². The van der Waals surface area contributed by atoms with E-state index in [2.05, 4.69) is 144 Å². The van der Waals surface area contributed by atoms with E-state index >= 15 is 0 Å². The van der Waals surface area contributed by atoms with Crippen molar-refractivity contribution in [1.29, 1.82) is 0 Å². The normalized spacial score (nSPS) is 13.2. The molecule has 0 aliphatic carbocycles. The number of hydrogen-bond donors (Lipinski definition) is 0. The molecule has 0 radical (unpaired) electrons. The zero-order valence-electron chi connectivity index (χ0n) is 19.7. The molecule has 0 N–H and O–H groups in total. The van der Waals surface area contributed by atoms with Crippen LogP contribution in [0.2, 0.25) is 0 Å². The van der Waals surface area contributed by atoms with Crippen molar-refractivity contribution in [3.8, 4) is 11.1 Å². The Morgan fingerprint density at radius 1 is 0.629 bits per heavy atom. The van der Waals surface area contributed by atoms with Crippen LogP contribution in [0.3, 0.4) is 0 Å². The van der Waals surface area contributed by atoms with Crippen LogP contribution < -0.4 is 4.90 Å². The molecule has 0 fully saturated rings. The fraction of sp³-hybridized carbons (Fsp3) is 0.0606. The number of para-hydroxylation sites is 1. The van der Waals surface area contributed by atoms with Crippen LogP contribution in [0.5, 0.6) is 0 Å². The zero-order valence-corrected chi connectivity index (χ0v) is 19.7. The number of fused-ring (bicyclic) bond motifs is 1. The van der Waals surface area contributed by atoms with Crippen LogP contribution in [0.15, 0.2) is 139 Å². The Balaban J connectivity index is 1.59. The molecule has 1 atom stereocenters. The lowest BCUT2D eigenvalue weighted by Crippen LogP contribution is -2.26. The minimum absolute atomic E-state index is 0.0401. The first-order valence-electron chi connectivity index (χ1n) is 12.0. The van der Waals surface area contributed by atoms with Crippen molar-refractivity contribution in [3.05, 3.63) is 150 Å². The lowest BCUT2D eigenvalue weighted by molar-refractivity contribution is 0.790. The summed E-state index contributed by atoms with van der Waals surface area (Å²) in [5.41, 5.74) is 8.42. The molecule has 35 heavy (non-hydrogen) atoms. The monoisotopic (exact) mass is 450 g/mol. The average Bonchev–Trinajstić information content (AvgIpc) is 2.89. The molecule has 1 unspecified atom stereocenters. The molecule has 1 aliphatic heterocycles. The smallest absolute Gasteiger partial charge is 0.0804 e. The van der Waals surface area contributed by atoms with Gasteiger partial charge in [-0.15, -0.1) is 0 Å². The van der Waals surface area contributed by atoms with E-state index < -0.39 is 0 Å². The van der Waals surface area contributed by atoms with Crippen molar-refractivity contribution in [2.45, 2.75) is 6.04 Å². The third-order valence-electron chi connectivity index (χ3n) is 6.85. The first-order chi connectivity index (χ1) is 17.3. The average molecular weight is 451 g/mol. The number of benzene rings is 5. The van der Waals surface area contributed by atoms with Crippen LogP contribution >= 0.6 is 0 Å². The Morgan fingerprint density at radius 3 is 1.94 bits per heavy atom. The second kappa shape index (κ2) is 9.08. The van der Waals surface area contributed by atoms with Crippen molar-refractivity contribution in [3.63, 3.8) is 0 Å². The van der Waals surface area contributed by atoms with E-state index in [-0.39, 0.29) is 6.04 Å². The largest absolute Gasteiger partial charge is 0.363 e. The predicted molar refractivity (Wildman–Crippen MR) is 148 cm³/mol. The summed E-state index contributed by atoms with van der Waals surface area (Å²) in [5.74, 6) is 0. The van der Waals surface area contributed by atoms with Crippen molar-refractivity contribution in [2.24, 2.45) is 4.99 Å². The van der Waals surface area contributed by atoms with Gasteiger partial charge in [-0.3, -0.25) is 4.99 Å². The molecule has 1 heterocycles. The molecule has 0 spiro atoms. The summed E-state index contributed by atoms with van der Waals surface area (Å²) >= 11 is 0. The highest BCUT2D eigenvalue weighted by Gasteiger charge is 2.25. The van der Waals surface area contributed by atoms with Gasteiger partial charge in [0.05, 0.1) is 11.8 Å². The first-order valence-corrected chi connectivity index (χ1v) is 12.0. The molecule has 0 saturated heterocycles.